The van der Waals surface area contributed by atoms with E-state index >= 15 is 0 Å². The largest absolute Gasteiger partial charge is 0.365 e. The van der Waals surface area contributed by atoms with Gasteiger partial charge in [0.25, 0.3) is 0 Å². The zero-order chi connectivity index (χ0) is 7.11. The van der Waals surface area contributed by atoms with Crippen molar-refractivity contribution in [1.29, 1.82) is 0 Å². The van der Waals surface area contributed by atoms with E-state index in [0.29, 0.717) is 11.8 Å². The van der Waals surface area contributed by atoms with E-state index in [9.17, 15) is 0 Å². The molecule has 0 amide bonds. The van der Waals surface area contributed by atoms with Gasteiger partial charge in [-0.1, -0.05) is 0 Å². The summed E-state index contributed by atoms with van der Waals surface area (Å²) in [5.74, 6) is 0. The van der Waals surface area contributed by atoms with Crippen LogP contribution < -0.4 is 10.6 Å². The Labute approximate surface area is 60.8 Å². The topological polar surface area (TPSA) is 33.3 Å². The van der Waals surface area contributed by atoms with Crippen molar-refractivity contribution in [2.45, 2.75) is 6.92 Å². The van der Waals surface area contributed by atoms with Gasteiger partial charge < -0.3 is 15.4 Å². The highest BCUT2D eigenvalue weighted by atomic mass is 32.1. The number of ether oxygens (including phenoxy) is 1. The summed E-state index contributed by atoms with van der Waals surface area (Å²) in [7, 11) is 1.61. The molecular formula is C5H12N2OS. The molecule has 0 aromatic rings. The summed E-state index contributed by atoms with van der Waals surface area (Å²) in [5, 5.41) is 6.39. The highest BCUT2D eigenvalue weighted by Gasteiger charge is 1.87. The molecule has 3 nitrogen and oxygen atoms in total. The second-order valence-corrected chi connectivity index (χ2v) is 1.88. The Bertz CT molecular complexity index is 87.0. The molecule has 0 aliphatic heterocycles. The van der Waals surface area contributed by atoms with Crippen LogP contribution in [0.1, 0.15) is 6.92 Å². The van der Waals surface area contributed by atoms with Crippen molar-refractivity contribution in [3.8, 4) is 0 Å². The van der Waals surface area contributed by atoms with E-state index in [1.165, 1.54) is 0 Å². The Hall–Kier alpha value is -0.350. The first-order valence-corrected chi connectivity index (χ1v) is 3.22. The number of hydrogen-bond donors (Lipinski definition) is 2. The van der Waals surface area contributed by atoms with Gasteiger partial charge in [0.2, 0.25) is 0 Å². The van der Waals surface area contributed by atoms with Gasteiger partial charge in [0.05, 0.1) is 0 Å². The van der Waals surface area contributed by atoms with E-state index in [2.05, 4.69) is 10.6 Å². The smallest absolute Gasteiger partial charge is 0.168 e. The maximum atomic E-state index is 4.82. The molecule has 0 radical (unpaired) electrons. The predicted molar refractivity (Wildman–Crippen MR) is 41.3 cm³/mol. The highest BCUT2D eigenvalue weighted by molar-refractivity contribution is 7.80. The molecule has 54 valence electrons. The Morgan fingerprint density at radius 2 is 2.22 bits per heavy atom. The first kappa shape index (κ1) is 8.65. The SMILES string of the molecule is CCNC(=S)NCOC. The molecule has 0 spiro atoms. The van der Waals surface area contributed by atoms with Crippen LogP contribution in [-0.2, 0) is 4.74 Å². The van der Waals surface area contributed by atoms with E-state index in [-0.39, 0.29) is 0 Å². The van der Waals surface area contributed by atoms with Gasteiger partial charge in [-0.15, -0.1) is 0 Å². The first-order valence-electron chi connectivity index (χ1n) is 2.82. The van der Waals surface area contributed by atoms with Crippen molar-refractivity contribution in [2.24, 2.45) is 0 Å². The van der Waals surface area contributed by atoms with Crippen LogP contribution in [0.25, 0.3) is 0 Å². The Kier molecular flexibility index (Phi) is 5.56. The van der Waals surface area contributed by atoms with Gasteiger partial charge in [0.15, 0.2) is 5.11 Å². The summed E-state index contributed by atoms with van der Waals surface area (Å²) in [6.45, 7) is 3.29. The fourth-order valence-electron chi connectivity index (χ4n) is 0.361. The fraction of sp³-hybridized carbons (Fsp3) is 0.800. The van der Waals surface area contributed by atoms with Crippen LogP contribution in [0.15, 0.2) is 0 Å². The van der Waals surface area contributed by atoms with Crippen LogP contribution in [0, 0.1) is 0 Å². The maximum absolute atomic E-state index is 4.82. The predicted octanol–water partition coefficient (Wildman–Crippen LogP) is 0.0743. The third-order valence-electron chi connectivity index (χ3n) is 0.714. The fourth-order valence-corrected chi connectivity index (χ4v) is 0.564. The van der Waals surface area contributed by atoms with Crippen molar-refractivity contribution in [3.63, 3.8) is 0 Å². The summed E-state index contributed by atoms with van der Waals surface area (Å²) in [5.41, 5.74) is 0. The number of methoxy groups -OCH3 is 1. The lowest BCUT2D eigenvalue weighted by atomic mass is 10.7. The molecule has 0 saturated carbocycles. The monoisotopic (exact) mass is 148 g/mol. The van der Waals surface area contributed by atoms with Crippen LogP contribution in [-0.4, -0.2) is 25.5 Å². The van der Waals surface area contributed by atoms with Crippen LogP contribution in [0.4, 0.5) is 0 Å². The molecule has 0 atom stereocenters. The van der Waals surface area contributed by atoms with Crippen LogP contribution >= 0.6 is 12.2 Å². The summed E-state index contributed by atoms with van der Waals surface area (Å²) in [6, 6.07) is 0. The minimum atomic E-state index is 0.464. The van der Waals surface area contributed by atoms with Gasteiger partial charge in [-0.3, -0.25) is 0 Å². The van der Waals surface area contributed by atoms with E-state index in [1.54, 1.807) is 7.11 Å². The molecule has 0 aliphatic rings. The summed E-state index contributed by atoms with van der Waals surface area (Å²) in [6.07, 6.45) is 0. The third-order valence-corrected chi connectivity index (χ3v) is 1.00. The molecule has 2 N–H and O–H groups in total. The van der Waals surface area contributed by atoms with Gasteiger partial charge >= 0.3 is 0 Å². The van der Waals surface area contributed by atoms with Crippen LogP contribution in [0.3, 0.4) is 0 Å². The van der Waals surface area contributed by atoms with Crippen LogP contribution in [0.5, 0.6) is 0 Å². The molecule has 0 fully saturated rings. The third kappa shape index (κ3) is 5.52. The van der Waals surface area contributed by atoms with Crippen LogP contribution in [0.2, 0.25) is 0 Å². The molecule has 0 aromatic heterocycles. The number of thiocarbonyl (C=S) groups is 1. The van der Waals surface area contributed by atoms with Gasteiger partial charge in [0, 0.05) is 13.7 Å². The summed E-state index contributed by atoms with van der Waals surface area (Å²) in [4.78, 5) is 0. The quantitative estimate of drug-likeness (QED) is 0.438. The molecule has 4 heteroatoms. The average molecular weight is 148 g/mol. The minimum Gasteiger partial charge on any atom is -0.365 e. The number of nitrogens with one attached hydrogen (secondary N) is 2. The Balaban J connectivity index is 3.06. The average Bonchev–Trinajstić information content (AvgIpc) is 1.85. The lowest BCUT2D eigenvalue weighted by Crippen LogP contribution is -2.35. The summed E-state index contributed by atoms with van der Waals surface area (Å²) >= 11 is 4.82. The van der Waals surface area contributed by atoms with E-state index in [4.69, 9.17) is 17.0 Å². The lowest BCUT2D eigenvalue weighted by molar-refractivity contribution is 0.192. The second-order valence-electron chi connectivity index (χ2n) is 1.47. The van der Waals surface area contributed by atoms with Crippen molar-refractivity contribution < 1.29 is 4.74 Å². The van der Waals surface area contributed by atoms with E-state index < -0.39 is 0 Å². The zero-order valence-electron chi connectivity index (χ0n) is 5.73. The molecule has 0 aliphatic carbocycles. The zero-order valence-corrected chi connectivity index (χ0v) is 6.55. The lowest BCUT2D eigenvalue weighted by Gasteiger charge is -2.05. The normalized spacial score (nSPS) is 8.67. The molecule has 0 saturated heterocycles. The molecule has 9 heavy (non-hydrogen) atoms. The van der Waals surface area contributed by atoms with Crippen molar-refractivity contribution in [3.05, 3.63) is 0 Å². The van der Waals surface area contributed by atoms with Gasteiger partial charge in [0.1, 0.15) is 6.73 Å². The first-order chi connectivity index (χ1) is 4.31. The van der Waals surface area contributed by atoms with Crippen molar-refractivity contribution in [2.75, 3.05) is 20.4 Å². The molecule has 0 heterocycles. The van der Waals surface area contributed by atoms with Crippen molar-refractivity contribution >= 4 is 17.3 Å². The maximum Gasteiger partial charge on any atom is 0.168 e. The van der Waals surface area contributed by atoms with Gasteiger partial charge in [-0.25, -0.2) is 0 Å². The second kappa shape index (κ2) is 5.78. The Morgan fingerprint density at radius 1 is 1.56 bits per heavy atom. The Morgan fingerprint density at radius 3 is 2.67 bits per heavy atom. The standard InChI is InChI=1S/C5H12N2OS/c1-3-6-5(9)7-4-8-2/h3-4H2,1-2H3,(H2,6,7,9). The van der Waals surface area contributed by atoms with E-state index in [0.717, 1.165) is 6.54 Å². The molecular weight excluding hydrogens is 136 g/mol. The molecule has 0 rings (SSSR count). The van der Waals surface area contributed by atoms with Gasteiger partial charge in [-0.2, -0.15) is 0 Å². The number of hydrogen-bond acceptors (Lipinski definition) is 2. The van der Waals surface area contributed by atoms with Gasteiger partial charge in [-0.05, 0) is 19.1 Å². The minimum absolute atomic E-state index is 0.464. The highest BCUT2D eigenvalue weighted by Crippen LogP contribution is 1.65. The summed E-state index contributed by atoms with van der Waals surface area (Å²) < 4.78 is 4.72. The molecule has 0 aromatic carbocycles. The number of rotatable bonds is 3. The molecule has 0 unspecified atom stereocenters. The van der Waals surface area contributed by atoms with E-state index in [1.807, 2.05) is 6.92 Å². The van der Waals surface area contributed by atoms with Crippen molar-refractivity contribution in [1.82, 2.24) is 10.6 Å². The molecule has 0 bridgehead atoms.